The second-order valence-electron chi connectivity index (χ2n) is 4.46. The van der Waals surface area contributed by atoms with Gasteiger partial charge in [0.1, 0.15) is 0 Å². The fourth-order valence-corrected chi connectivity index (χ4v) is 2.45. The van der Waals surface area contributed by atoms with Crippen molar-refractivity contribution < 1.29 is 0 Å². The molecular weight excluding hydrogens is 172 g/mol. The van der Waals surface area contributed by atoms with Crippen molar-refractivity contribution in [1.82, 2.24) is 10.2 Å². The standard InChI is InChI=1S/C12H14N2/c1-2-12(7-8-12)11-9-5-3-4-6-10(9)13-14-11/h1H,3-8H2,(H,13,14). The Labute approximate surface area is 84.1 Å². The molecule has 0 bridgehead atoms. The van der Waals surface area contributed by atoms with E-state index >= 15 is 0 Å². The van der Waals surface area contributed by atoms with Gasteiger partial charge in [-0.15, -0.1) is 6.42 Å². The van der Waals surface area contributed by atoms with Gasteiger partial charge in [-0.1, -0.05) is 5.92 Å². The second kappa shape index (κ2) is 2.63. The topological polar surface area (TPSA) is 28.7 Å². The summed E-state index contributed by atoms with van der Waals surface area (Å²) in [6.07, 6.45) is 12.7. The summed E-state index contributed by atoms with van der Waals surface area (Å²) < 4.78 is 0. The number of fused-ring (bicyclic) bond motifs is 1. The van der Waals surface area contributed by atoms with E-state index in [0.717, 1.165) is 19.3 Å². The maximum Gasteiger partial charge on any atom is 0.0837 e. The molecule has 0 aromatic carbocycles. The van der Waals surface area contributed by atoms with Gasteiger partial charge in [-0.3, -0.25) is 5.10 Å². The molecule has 0 unspecified atom stereocenters. The summed E-state index contributed by atoms with van der Waals surface area (Å²) in [5, 5.41) is 7.60. The van der Waals surface area contributed by atoms with Crippen LogP contribution in [0, 0.1) is 12.3 Å². The number of rotatable bonds is 1. The molecule has 2 aliphatic carbocycles. The van der Waals surface area contributed by atoms with Crippen LogP contribution < -0.4 is 0 Å². The Balaban J connectivity index is 2.07. The number of terminal acetylenes is 1. The normalized spacial score (nSPS) is 22.5. The summed E-state index contributed by atoms with van der Waals surface area (Å²) in [5.41, 5.74) is 3.98. The Morgan fingerprint density at radius 1 is 1.29 bits per heavy atom. The van der Waals surface area contributed by atoms with Gasteiger partial charge in [0, 0.05) is 5.69 Å². The minimum atomic E-state index is 0.0153. The summed E-state index contributed by atoms with van der Waals surface area (Å²) in [7, 11) is 0. The highest BCUT2D eigenvalue weighted by Gasteiger charge is 2.46. The van der Waals surface area contributed by atoms with Gasteiger partial charge in [-0.2, -0.15) is 5.10 Å². The summed E-state index contributed by atoms with van der Waals surface area (Å²) in [5.74, 6) is 2.92. The first-order chi connectivity index (χ1) is 6.86. The van der Waals surface area contributed by atoms with E-state index in [1.54, 1.807) is 0 Å². The van der Waals surface area contributed by atoms with Crippen LogP contribution in [0.4, 0.5) is 0 Å². The zero-order valence-corrected chi connectivity index (χ0v) is 8.27. The highest BCUT2D eigenvalue weighted by atomic mass is 15.1. The Morgan fingerprint density at radius 2 is 2.07 bits per heavy atom. The molecule has 2 aliphatic rings. The van der Waals surface area contributed by atoms with Crippen LogP contribution >= 0.6 is 0 Å². The molecule has 1 N–H and O–H groups in total. The molecule has 1 aromatic heterocycles. The van der Waals surface area contributed by atoms with Crippen LogP contribution in [0.5, 0.6) is 0 Å². The Hall–Kier alpha value is -1.23. The smallest absolute Gasteiger partial charge is 0.0837 e. The molecule has 1 heterocycles. The first kappa shape index (κ1) is 8.11. The lowest BCUT2D eigenvalue weighted by molar-refractivity contribution is 0.669. The molecule has 0 spiro atoms. The molecule has 2 nitrogen and oxygen atoms in total. The van der Waals surface area contributed by atoms with Crippen LogP contribution in [0.1, 0.15) is 42.6 Å². The van der Waals surface area contributed by atoms with Crippen LogP contribution in [-0.4, -0.2) is 10.2 Å². The van der Waals surface area contributed by atoms with Crippen molar-refractivity contribution >= 4 is 0 Å². The molecule has 14 heavy (non-hydrogen) atoms. The monoisotopic (exact) mass is 186 g/mol. The number of aromatic amines is 1. The van der Waals surface area contributed by atoms with Crippen molar-refractivity contribution in [2.45, 2.75) is 43.9 Å². The number of hydrogen-bond donors (Lipinski definition) is 1. The van der Waals surface area contributed by atoms with E-state index < -0.39 is 0 Å². The van der Waals surface area contributed by atoms with E-state index in [1.165, 1.54) is 36.2 Å². The fraction of sp³-hybridized carbons (Fsp3) is 0.583. The minimum Gasteiger partial charge on any atom is -0.282 e. The highest BCUT2D eigenvalue weighted by Crippen LogP contribution is 2.48. The molecular formula is C12H14N2. The average molecular weight is 186 g/mol. The van der Waals surface area contributed by atoms with E-state index in [2.05, 4.69) is 16.1 Å². The third kappa shape index (κ3) is 0.957. The van der Waals surface area contributed by atoms with Crippen molar-refractivity contribution in [2.75, 3.05) is 0 Å². The lowest BCUT2D eigenvalue weighted by Gasteiger charge is -2.13. The third-order valence-corrected chi connectivity index (χ3v) is 3.54. The molecule has 2 heteroatoms. The molecule has 0 aliphatic heterocycles. The molecule has 0 radical (unpaired) electrons. The van der Waals surface area contributed by atoms with Gasteiger partial charge in [-0.25, -0.2) is 0 Å². The largest absolute Gasteiger partial charge is 0.282 e. The van der Waals surface area contributed by atoms with Crippen molar-refractivity contribution in [2.24, 2.45) is 0 Å². The number of H-pyrrole nitrogens is 1. The molecule has 1 saturated carbocycles. The van der Waals surface area contributed by atoms with Gasteiger partial charge in [0.15, 0.2) is 0 Å². The predicted octanol–water partition coefficient (Wildman–Crippen LogP) is 1.95. The van der Waals surface area contributed by atoms with E-state index in [9.17, 15) is 0 Å². The molecule has 0 saturated heterocycles. The van der Waals surface area contributed by atoms with Crippen molar-refractivity contribution in [3.63, 3.8) is 0 Å². The van der Waals surface area contributed by atoms with Gasteiger partial charge in [0.05, 0.1) is 11.1 Å². The van der Waals surface area contributed by atoms with E-state index in [4.69, 9.17) is 6.42 Å². The lowest BCUT2D eigenvalue weighted by atomic mass is 9.90. The SMILES string of the molecule is C#CC1(c2n[nH]c3c2CCCC3)CC1. The number of nitrogens with zero attached hydrogens (tertiary/aromatic N) is 1. The maximum atomic E-state index is 5.59. The van der Waals surface area contributed by atoms with Crippen LogP contribution in [-0.2, 0) is 18.3 Å². The van der Waals surface area contributed by atoms with Gasteiger partial charge >= 0.3 is 0 Å². The molecule has 72 valence electrons. The Kier molecular flexibility index (Phi) is 1.53. The third-order valence-electron chi connectivity index (χ3n) is 3.54. The van der Waals surface area contributed by atoms with E-state index in [0.29, 0.717) is 0 Å². The van der Waals surface area contributed by atoms with Crippen LogP contribution in [0.15, 0.2) is 0 Å². The van der Waals surface area contributed by atoms with Crippen molar-refractivity contribution in [3.05, 3.63) is 17.0 Å². The van der Waals surface area contributed by atoms with Crippen molar-refractivity contribution in [1.29, 1.82) is 0 Å². The fourth-order valence-electron chi connectivity index (χ4n) is 2.45. The number of aromatic nitrogens is 2. The summed E-state index contributed by atoms with van der Waals surface area (Å²) in [4.78, 5) is 0. The highest BCUT2D eigenvalue weighted by molar-refractivity contribution is 5.43. The maximum absolute atomic E-state index is 5.59. The number of aryl methyl sites for hydroxylation is 1. The Bertz CT molecular complexity index is 404. The zero-order valence-electron chi connectivity index (χ0n) is 8.27. The summed E-state index contributed by atoms with van der Waals surface area (Å²) in [6.45, 7) is 0. The van der Waals surface area contributed by atoms with Gasteiger partial charge in [-0.05, 0) is 44.1 Å². The van der Waals surface area contributed by atoms with Crippen LogP contribution in [0.2, 0.25) is 0 Å². The van der Waals surface area contributed by atoms with Crippen molar-refractivity contribution in [3.8, 4) is 12.3 Å². The molecule has 1 aromatic rings. The minimum absolute atomic E-state index is 0.0153. The molecule has 1 fully saturated rings. The number of nitrogens with one attached hydrogen (secondary N) is 1. The zero-order chi connectivity index (χ0) is 9.60. The summed E-state index contributed by atoms with van der Waals surface area (Å²) in [6, 6.07) is 0. The first-order valence-corrected chi connectivity index (χ1v) is 5.40. The first-order valence-electron chi connectivity index (χ1n) is 5.40. The molecule has 3 rings (SSSR count). The molecule has 0 atom stereocenters. The predicted molar refractivity (Wildman–Crippen MR) is 55.0 cm³/mol. The van der Waals surface area contributed by atoms with Gasteiger partial charge in [0.2, 0.25) is 0 Å². The molecule has 0 amide bonds. The van der Waals surface area contributed by atoms with Crippen LogP contribution in [0.3, 0.4) is 0 Å². The second-order valence-corrected chi connectivity index (χ2v) is 4.46. The van der Waals surface area contributed by atoms with E-state index in [1.807, 2.05) is 0 Å². The number of hydrogen-bond acceptors (Lipinski definition) is 1. The summed E-state index contributed by atoms with van der Waals surface area (Å²) >= 11 is 0. The van der Waals surface area contributed by atoms with Crippen LogP contribution in [0.25, 0.3) is 0 Å². The lowest BCUT2D eigenvalue weighted by Crippen LogP contribution is -2.09. The average Bonchev–Trinajstić information content (AvgIpc) is 2.91. The quantitative estimate of drug-likeness (QED) is 0.667. The Morgan fingerprint density at radius 3 is 2.79 bits per heavy atom. The van der Waals surface area contributed by atoms with Gasteiger partial charge < -0.3 is 0 Å². The van der Waals surface area contributed by atoms with E-state index in [-0.39, 0.29) is 5.41 Å². The van der Waals surface area contributed by atoms with Gasteiger partial charge in [0.25, 0.3) is 0 Å².